The summed E-state index contributed by atoms with van der Waals surface area (Å²) in [6, 6.07) is 23.4. The summed E-state index contributed by atoms with van der Waals surface area (Å²) in [5.41, 5.74) is -0.495. The van der Waals surface area contributed by atoms with Crippen LogP contribution in [0.25, 0.3) is 10.8 Å². The molecule has 0 radical (unpaired) electrons. The van der Waals surface area contributed by atoms with Gasteiger partial charge in [0.1, 0.15) is 16.9 Å². The second kappa shape index (κ2) is 11.2. The van der Waals surface area contributed by atoms with Crippen molar-refractivity contribution in [2.24, 2.45) is 0 Å². The standard InChI is InChI=1S/C28H34N2O4/c1-27(2,3)34-26(32)30-18-10-17-28(29-4,20-21-11-6-5-7-12-21)25(31)33-24-16-15-22-13-8-9-14-23(22)19-24/h5-9,11-16,19,29H,10,17-18,20H2,1-4H3,(H,30,32)/t28-/m1/s1. The van der Waals surface area contributed by atoms with E-state index in [0.29, 0.717) is 31.6 Å². The molecule has 3 rings (SSSR count). The molecule has 0 heterocycles. The van der Waals surface area contributed by atoms with Crippen molar-refractivity contribution >= 4 is 22.8 Å². The van der Waals surface area contributed by atoms with Gasteiger partial charge in [0.15, 0.2) is 0 Å². The monoisotopic (exact) mass is 462 g/mol. The van der Waals surface area contributed by atoms with Crippen molar-refractivity contribution < 1.29 is 19.1 Å². The minimum absolute atomic E-state index is 0.355. The topological polar surface area (TPSA) is 76.7 Å². The lowest BCUT2D eigenvalue weighted by Crippen LogP contribution is -2.54. The van der Waals surface area contributed by atoms with Crippen LogP contribution >= 0.6 is 0 Å². The molecule has 0 aliphatic rings. The Balaban J connectivity index is 1.74. The van der Waals surface area contributed by atoms with Gasteiger partial charge in [0, 0.05) is 13.0 Å². The molecule has 2 N–H and O–H groups in total. The summed E-state index contributed by atoms with van der Waals surface area (Å²) in [4.78, 5) is 25.5. The highest BCUT2D eigenvalue weighted by molar-refractivity contribution is 5.87. The van der Waals surface area contributed by atoms with E-state index in [-0.39, 0.29) is 5.97 Å². The number of esters is 1. The fraction of sp³-hybridized carbons (Fsp3) is 0.357. The molecule has 1 atom stereocenters. The van der Waals surface area contributed by atoms with E-state index in [4.69, 9.17) is 9.47 Å². The maximum Gasteiger partial charge on any atom is 0.407 e. The van der Waals surface area contributed by atoms with Gasteiger partial charge < -0.3 is 20.1 Å². The van der Waals surface area contributed by atoms with E-state index in [1.54, 1.807) is 7.05 Å². The molecule has 6 heteroatoms. The third kappa shape index (κ3) is 7.06. The maximum absolute atomic E-state index is 13.5. The van der Waals surface area contributed by atoms with Crippen LogP contribution in [0.4, 0.5) is 4.79 Å². The lowest BCUT2D eigenvalue weighted by Gasteiger charge is -2.31. The normalized spacial score (nSPS) is 13.2. The molecule has 0 fully saturated rings. The first kappa shape index (κ1) is 25.2. The number of amides is 1. The number of hydrogen-bond donors (Lipinski definition) is 2. The smallest absolute Gasteiger partial charge is 0.407 e. The molecule has 0 aromatic heterocycles. The van der Waals surface area contributed by atoms with E-state index in [0.717, 1.165) is 16.3 Å². The number of carbonyl (C=O) groups excluding carboxylic acids is 2. The molecule has 1 amide bonds. The van der Waals surface area contributed by atoms with Gasteiger partial charge in [-0.05, 0) is 69.1 Å². The van der Waals surface area contributed by atoms with Gasteiger partial charge in [-0.1, -0.05) is 60.7 Å². The highest BCUT2D eigenvalue weighted by Gasteiger charge is 2.38. The van der Waals surface area contributed by atoms with Gasteiger partial charge >= 0.3 is 12.1 Å². The molecule has 0 spiro atoms. The van der Waals surface area contributed by atoms with Crippen LogP contribution < -0.4 is 15.4 Å². The van der Waals surface area contributed by atoms with E-state index < -0.39 is 17.2 Å². The summed E-state index contributed by atoms with van der Waals surface area (Å²) in [6.07, 6.45) is 1.04. The SMILES string of the molecule is CN[C@](CCCNC(=O)OC(C)(C)C)(Cc1ccccc1)C(=O)Oc1ccc2ccccc2c1. The van der Waals surface area contributed by atoms with Crippen molar-refractivity contribution in [3.8, 4) is 5.75 Å². The first-order chi connectivity index (χ1) is 16.2. The molecule has 0 bridgehead atoms. The molecule has 0 aliphatic heterocycles. The predicted molar refractivity (Wildman–Crippen MR) is 135 cm³/mol. The second-order valence-corrected chi connectivity index (χ2v) is 9.43. The number of nitrogens with one attached hydrogen (secondary N) is 2. The fourth-order valence-electron chi connectivity index (χ4n) is 3.85. The number of hydrogen-bond acceptors (Lipinski definition) is 5. The van der Waals surface area contributed by atoms with E-state index in [1.807, 2.05) is 93.6 Å². The molecule has 180 valence electrons. The molecule has 6 nitrogen and oxygen atoms in total. The molecule has 0 saturated heterocycles. The fourth-order valence-corrected chi connectivity index (χ4v) is 3.85. The van der Waals surface area contributed by atoms with Crippen LogP contribution in [0.15, 0.2) is 72.8 Å². The molecule has 0 unspecified atom stereocenters. The van der Waals surface area contributed by atoms with Crippen LogP contribution in [0.2, 0.25) is 0 Å². The molecule has 3 aromatic carbocycles. The van der Waals surface area contributed by atoms with Crippen LogP contribution in [0, 0.1) is 0 Å². The minimum Gasteiger partial charge on any atom is -0.444 e. The molecule has 0 saturated carbocycles. The van der Waals surface area contributed by atoms with Crippen LogP contribution in [-0.2, 0) is 16.0 Å². The third-order valence-corrected chi connectivity index (χ3v) is 5.60. The van der Waals surface area contributed by atoms with Gasteiger partial charge in [0.05, 0.1) is 0 Å². The lowest BCUT2D eigenvalue weighted by atomic mass is 9.86. The van der Waals surface area contributed by atoms with Gasteiger partial charge in [-0.2, -0.15) is 0 Å². The van der Waals surface area contributed by atoms with Gasteiger partial charge in [0.2, 0.25) is 0 Å². The number of ether oxygens (including phenoxy) is 2. The zero-order valence-corrected chi connectivity index (χ0v) is 20.4. The van der Waals surface area contributed by atoms with Crippen molar-refractivity contribution in [3.05, 3.63) is 78.4 Å². The van der Waals surface area contributed by atoms with Gasteiger partial charge in [0.25, 0.3) is 0 Å². The summed E-state index contributed by atoms with van der Waals surface area (Å²) in [5.74, 6) is 0.148. The summed E-state index contributed by atoms with van der Waals surface area (Å²) < 4.78 is 11.2. The highest BCUT2D eigenvalue weighted by Crippen LogP contribution is 2.25. The third-order valence-electron chi connectivity index (χ3n) is 5.60. The summed E-state index contributed by atoms with van der Waals surface area (Å²) in [5, 5.41) is 8.09. The zero-order valence-electron chi connectivity index (χ0n) is 20.4. The number of carbonyl (C=O) groups is 2. The summed E-state index contributed by atoms with van der Waals surface area (Å²) in [7, 11) is 1.77. The van der Waals surface area contributed by atoms with Crippen LogP contribution in [-0.4, -0.2) is 36.8 Å². The Bertz CT molecular complexity index is 1110. The molecule has 3 aromatic rings. The van der Waals surface area contributed by atoms with Crippen molar-refractivity contribution in [1.82, 2.24) is 10.6 Å². The van der Waals surface area contributed by atoms with Gasteiger partial charge in [-0.25, -0.2) is 9.59 Å². The Labute approximate surface area is 201 Å². The average Bonchev–Trinajstić information content (AvgIpc) is 2.80. The first-order valence-electron chi connectivity index (χ1n) is 11.6. The minimum atomic E-state index is -0.956. The number of rotatable bonds is 9. The molecular formula is C28H34N2O4. The summed E-state index contributed by atoms with van der Waals surface area (Å²) in [6.45, 7) is 5.85. The molecule has 34 heavy (non-hydrogen) atoms. The number of fused-ring (bicyclic) bond motifs is 1. The van der Waals surface area contributed by atoms with E-state index in [2.05, 4.69) is 10.6 Å². The Morgan fingerprint density at radius 3 is 2.24 bits per heavy atom. The van der Waals surface area contributed by atoms with Gasteiger partial charge in [-0.15, -0.1) is 0 Å². The number of alkyl carbamates (subject to hydrolysis) is 1. The summed E-state index contributed by atoms with van der Waals surface area (Å²) >= 11 is 0. The predicted octanol–water partition coefficient (Wildman–Crippen LogP) is 5.25. The van der Waals surface area contributed by atoms with E-state index in [1.165, 1.54) is 0 Å². The number of benzene rings is 3. The first-order valence-corrected chi connectivity index (χ1v) is 11.6. The Morgan fingerprint density at radius 2 is 1.56 bits per heavy atom. The van der Waals surface area contributed by atoms with Crippen molar-refractivity contribution in [3.63, 3.8) is 0 Å². The zero-order chi connectivity index (χ0) is 24.6. The Hall–Kier alpha value is -3.38. The highest BCUT2D eigenvalue weighted by atomic mass is 16.6. The van der Waals surface area contributed by atoms with Crippen LogP contribution in [0.1, 0.15) is 39.2 Å². The second-order valence-electron chi connectivity index (χ2n) is 9.43. The average molecular weight is 463 g/mol. The van der Waals surface area contributed by atoms with Gasteiger partial charge in [-0.3, -0.25) is 0 Å². The molecular weight excluding hydrogens is 428 g/mol. The maximum atomic E-state index is 13.5. The van der Waals surface area contributed by atoms with E-state index >= 15 is 0 Å². The van der Waals surface area contributed by atoms with Crippen molar-refractivity contribution in [2.45, 2.75) is 51.2 Å². The van der Waals surface area contributed by atoms with Crippen molar-refractivity contribution in [2.75, 3.05) is 13.6 Å². The van der Waals surface area contributed by atoms with Crippen LogP contribution in [0.3, 0.4) is 0 Å². The van der Waals surface area contributed by atoms with E-state index in [9.17, 15) is 9.59 Å². The van der Waals surface area contributed by atoms with Crippen LogP contribution in [0.5, 0.6) is 5.75 Å². The Morgan fingerprint density at radius 1 is 0.882 bits per heavy atom. The lowest BCUT2D eigenvalue weighted by molar-refractivity contribution is -0.142. The number of likely N-dealkylation sites (N-methyl/N-ethyl adjacent to an activating group) is 1. The molecule has 0 aliphatic carbocycles. The van der Waals surface area contributed by atoms with Crippen molar-refractivity contribution in [1.29, 1.82) is 0 Å². The quantitative estimate of drug-likeness (QED) is 0.258. The largest absolute Gasteiger partial charge is 0.444 e. The Kier molecular flexibility index (Phi) is 8.29.